The van der Waals surface area contributed by atoms with E-state index in [1.54, 1.807) is 22.0 Å². The number of hydrogen-bond acceptors (Lipinski definition) is 0. The maximum Gasteiger partial charge on any atom is 0.0203 e. The van der Waals surface area contributed by atoms with Crippen LogP contribution in [0.1, 0.15) is 146 Å². The molecule has 2 aliphatic carbocycles. The molecule has 0 heterocycles. The minimum absolute atomic E-state index is 0.260. The van der Waals surface area contributed by atoms with Gasteiger partial charge in [0, 0.05) is 5.16 Å². The molecule has 2 aliphatic rings. The fourth-order valence-electron chi connectivity index (χ4n) is 6.98. The zero-order valence-electron chi connectivity index (χ0n) is 22.9. The summed E-state index contributed by atoms with van der Waals surface area (Å²) in [5, 5.41) is 2.02. The van der Waals surface area contributed by atoms with Crippen LogP contribution in [0.4, 0.5) is 0 Å². The summed E-state index contributed by atoms with van der Waals surface area (Å²) in [4.78, 5) is 0. The summed E-state index contributed by atoms with van der Waals surface area (Å²) >= 11 is 0. The molecular formula is C33H49P. The molecule has 4 rings (SSSR count). The Morgan fingerprint density at radius 2 is 1.21 bits per heavy atom. The molecule has 34 heavy (non-hydrogen) atoms. The van der Waals surface area contributed by atoms with Crippen molar-refractivity contribution in [3.8, 4) is 0 Å². The molecule has 1 atom stereocenters. The molecule has 2 saturated carbocycles. The van der Waals surface area contributed by atoms with Gasteiger partial charge in [0.05, 0.1) is 0 Å². The lowest BCUT2D eigenvalue weighted by molar-refractivity contribution is 0.387. The molecule has 0 aromatic heterocycles. The maximum absolute atomic E-state index is 2.63. The van der Waals surface area contributed by atoms with Crippen molar-refractivity contribution in [1.29, 1.82) is 0 Å². The topological polar surface area (TPSA) is 0 Å². The first-order valence-corrected chi connectivity index (χ1v) is 15.8. The fraction of sp³-hybridized carbons (Fsp3) is 0.636. The molecule has 0 aliphatic heterocycles. The van der Waals surface area contributed by atoms with Crippen LogP contribution in [0.15, 0.2) is 42.5 Å². The van der Waals surface area contributed by atoms with Gasteiger partial charge in [0.25, 0.3) is 0 Å². The van der Waals surface area contributed by atoms with Crippen LogP contribution in [0.3, 0.4) is 0 Å². The smallest absolute Gasteiger partial charge is 0.0203 e. The van der Waals surface area contributed by atoms with Crippen molar-refractivity contribution in [3.63, 3.8) is 0 Å². The summed E-state index contributed by atoms with van der Waals surface area (Å²) < 4.78 is 0. The lowest BCUT2D eigenvalue weighted by Crippen LogP contribution is -2.37. The first-order valence-electron chi connectivity index (χ1n) is 14.4. The summed E-state index contributed by atoms with van der Waals surface area (Å²) in [6, 6.07) is 17.1. The molecule has 0 nitrogen and oxygen atoms in total. The van der Waals surface area contributed by atoms with Gasteiger partial charge in [0.1, 0.15) is 0 Å². The van der Waals surface area contributed by atoms with Gasteiger partial charge in [-0.05, 0) is 76.7 Å². The van der Waals surface area contributed by atoms with Crippen molar-refractivity contribution in [2.45, 2.75) is 134 Å². The summed E-state index contributed by atoms with van der Waals surface area (Å²) in [6.45, 7) is 14.6. The van der Waals surface area contributed by atoms with Crippen molar-refractivity contribution < 1.29 is 0 Å². The summed E-state index contributed by atoms with van der Waals surface area (Å²) in [6.07, 6.45) is 14.2. The molecular weight excluding hydrogens is 427 g/mol. The second kappa shape index (κ2) is 11.3. The van der Waals surface area contributed by atoms with E-state index >= 15 is 0 Å². The van der Waals surface area contributed by atoms with Gasteiger partial charge in [-0.2, -0.15) is 0 Å². The third-order valence-corrected chi connectivity index (χ3v) is 12.4. The molecule has 0 radical (unpaired) electrons. The van der Waals surface area contributed by atoms with Gasteiger partial charge >= 0.3 is 0 Å². The lowest BCUT2D eigenvalue weighted by Gasteiger charge is -2.51. The average molecular weight is 477 g/mol. The predicted molar refractivity (Wildman–Crippen MR) is 153 cm³/mol. The second-order valence-corrected chi connectivity index (χ2v) is 15.0. The first kappa shape index (κ1) is 25.9. The fourth-order valence-corrected chi connectivity index (χ4v) is 11.3. The second-order valence-electron chi connectivity index (χ2n) is 12.1. The van der Waals surface area contributed by atoms with Crippen molar-refractivity contribution in [3.05, 3.63) is 64.7 Å². The van der Waals surface area contributed by atoms with E-state index in [1.807, 2.05) is 5.56 Å². The quantitative estimate of drug-likeness (QED) is 0.349. The van der Waals surface area contributed by atoms with Gasteiger partial charge in [-0.25, -0.2) is 0 Å². The van der Waals surface area contributed by atoms with Crippen LogP contribution in [0.5, 0.6) is 0 Å². The maximum atomic E-state index is 2.63. The molecule has 0 bridgehead atoms. The van der Waals surface area contributed by atoms with Gasteiger partial charge in [-0.3, -0.25) is 0 Å². The van der Waals surface area contributed by atoms with Crippen LogP contribution >= 0.6 is 7.92 Å². The average Bonchev–Trinajstić information content (AvgIpc) is 2.85. The van der Waals surface area contributed by atoms with Gasteiger partial charge < -0.3 is 0 Å². The zero-order chi connectivity index (χ0) is 24.3. The Kier molecular flexibility index (Phi) is 8.61. The Hall–Kier alpha value is -1.13. The predicted octanol–water partition coefficient (Wildman–Crippen LogP) is 10.4. The lowest BCUT2D eigenvalue weighted by atomic mass is 9.74. The van der Waals surface area contributed by atoms with E-state index in [2.05, 4.69) is 84.0 Å². The molecule has 2 aromatic carbocycles. The zero-order valence-corrected chi connectivity index (χ0v) is 23.8. The largest absolute Gasteiger partial charge is 0.0622 e. The van der Waals surface area contributed by atoms with E-state index in [9.17, 15) is 0 Å². The number of benzene rings is 2. The third kappa shape index (κ3) is 5.19. The third-order valence-electron chi connectivity index (χ3n) is 8.71. The van der Waals surface area contributed by atoms with Gasteiger partial charge in [-0.1, -0.05) is 130 Å². The molecule has 0 saturated heterocycles. The van der Waals surface area contributed by atoms with Crippen LogP contribution in [-0.4, -0.2) is 5.66 Å². The molecule has 2 aromatic rings. The van der Waals surface area contributed by atoms with Crippen LogP contribution in [0.25, 0.3) is 0 Å². The van der Waals surface area contributed by atoms with Crippen LogP contribution < -0.4 is 5.30 Å². The molecule has 0 spiro atoms. The molecule has 1 heteroatoms. The monoisotopic (exact) mass is 476 g/mol. The minimum atomic E-state index is -0.260. The van der Waals surface area contributed by atoms with Crippen molar-refractivity contribution in [2.75, 3.05) is 0 Å². The number of hydrogen-bond donors (Lipinski definition) is 0. The van der Waals surface area contributed by atoms with Crippen molar-refractivity contribution in [1.82, 2.24) is 0 Å². The van der Waals surface area contributed by atoms with Crippen molar-refractivity contribution >= 4 is 13.2 Å². The summed E-state index contributed by atoms with van der Waals surface area (Å²) in [5.74, 6) is 1.73. The summed E-state index contributed by atoms with van der Waals surface area (Å²) in [5.41, 5.74) is 7.59. The Morgan fingerprint density at radius 3 is 1.71 bits per heavy atom. The highest BCUT2D eigenvalue weighted by Crippen LogP contribution is 2.68. The number of rotatable bonds is 7. The highest BCUT2D eigenvalue weighted by Gasteiger charge is 2.47. The molecule has 1 unspecified atom stereocenters. The van der Waals surface area contributed by atoms with Gasteiger partial charge in [-0.15, -0.1) is 0 Å². The van der Waals surface area contributed by atoms with Crippen LogP contribution in [-0.2, 0) is 5.16 Å². The van der Waals surface area contributed by atoms with Gasteiger partial charge in [0.15, 0.2) is 0 Å². The Balaban J connectivity index is 2.01. The molecule has 186 valence electrons. The van der Waals surface area contributed by atoms with Crippen molar-refractivity contribution in [2.24, 2.45) is 0 Å². The Labute approximate surface area is 212 Å². The van der Waals surface area contributed by atoms with Crippen LogP contribution in [0, 0.1) is 0 Å². The first-order chi connectivity index (χ1) is 16.3. The van der Waals surface area contributed by atoms with E-state index in [0.717, 1.165) is 5.66 Å². The minimum Gasteiger partial charge on any atom is -0.0622 e. The van der Waals surface area contributed by atoms with E-state index in [0.29, 0.717) is 22.9 Å². The highest BCUT2D eigenvalue weighted by atomic mass is 31.1. The standard InChI is InChI=1S/C33H49P/c1-24(2)27-22-30(25(3)4)32(31(23-27)26(5)6)33(20-14-9-15-21-33)34(28-16-10-7-11-17-28)29-18-12-8-13-19-29/h7,10-11,16-17,22-26,29H,8-9,12-15,18-21H2,1-6H3. The normalized spacial score (nSPS) is 20.3. The Morgan fingerprint density at radius 1 is 0.676 bits per heavy atom. The van der Waals surface area contributed by atoms with E-state index in [4.69, 9.17) is 0 Å². The van der Waals surface area contributed by atoms with E-state index in [-0.39, 0.29) is 7.92 Å². The highest BCUT2D eigenvalue weighted by molar-refractivity contribution is 7.67. The molecule has 0 amide bonds. The van der Waals surface area contributed by atoms with E-state index in [1.165, 1.54) is 64.2 Å². The molecule has 0 N–H and O–H groups in total. The van der Waals surface area contributed by atoms with Gasteiger partial charge in [0.2, 0.25) is 0 Å². The SMILES string of the molecule is CC(C)c1cc(C(C)C)c(C2(P(c3ccccc3)C3CCCCC3)CCCCC2)c(C(C)C)c1. The Bertz CT molecular complexity index is 882. The molecule has 2 fully saturated rings. The van der Waals surface area contributed by atoms with Crippen LogP contribution in [0.2, 0.25) is 0 Å². The van der Waals surface area contributed by atoms with E-state index < -0.39 is 0 Å². The summed E-state index contributed by atoms with van der Waals surface area (Å²) in [7, 11) is -0.260.